The number of rotatable bonds is 9. The average molecular weight is 449 g/mol. The van der Waals surface area contributed by atoms with Gasteiger partial charge < -0.3 is 9.64 Å². The first-order chi connectivity index (χ1) is 15.8. The Morgan fingerprint density at radius 1 is 1.09 bits per heavy atom. The maximum Gasteiger partial charge on any atom is 0.246 e. The van der Waals surface area contributed by atoms with Gasteiger partial charge in [-0.1, -0.05) is 31.5 Å². The van der Waals surface area contributed by atoms with E-state index in [1.165, 1.54) is 0 Å². The molecule has 0 saturated heterocycles. The minimum absolute atomic E-state index is 0.0132. The number of likely N-dealkylation sites (N-methyl/N-ethyl adjacent to an activating group) is 1. The quantitative estimate of drug-likeness (QED) is 0.515. The van der Waals surface area contributed by atoms with E-state index in [1.807, 2.05) is 87.0 Å². The number of nitrogens with one attached hydrogen (secondary N) is 1. The molecule has 1 heterocycles. The topological polar surface area (TPSA) is 76.5 Å². The van der Waals surface area contributed by atoms with Crippen molar-refractivity contribution in [3.05, 3.63) is 60.3 Å². The van der Waals surface area contributed by atoms with Crippen LogP contribution in [0.15, 0.2) is 54.7 Å². The number of benzene rings is 2. The number of imidazole rings is 1. The Labute approximate surface area is 195 Å². The first kappa shape index (κ1) is 24.0. The van der Waals surface area contributed by atoms with Gasteiger partial charge in [-0.15, -0.1) is 0 Å². The van der Waals surface area contributed by atoms with Gasteiger partial charge in [0.1, 0.15) is 5.75 Å². The van der Waals surface area contributed by atoms with Gasteiger partial charge in [0.25, 0.3) is 0 Å². The van der Waals surface area contributed by atoms with E-state index in [2.05, 4.69) is 10.3 Å². The Morgan fingerprint density at radius 3 is 2.33 bits per heavy atom. The summed E-state index contributed by atoms with van der Waals surface area (Å²) in [5.41, 5.74) is 3.64. The minimum atomic E-state index is -0.283. The fourth-order valence-electron chi connectivity index (χ4n) is 3.46. The third kappa shape index (κ3) is 6.22. The van der Waals surface area contributed by atoms with Crippen molar-refractivity contribution in [2.75, 3.05) is 25.5 Å². The Bertz CT molecular complexity index is 1090. The van der Waals surface area contributed by atoms with Gasteiger partial charge in [-0.3, -0.25) is 19.5 Å². The number of hydrogen-bond donors (Lipinski definition) is 1. The first-order valence-corrected chi connectivity index (χ1v) is 11.2. The van der Waals surface area contributed by atoms with Crippen molar-refractivity contribution >= 4 is 17.8 Å². The van der Waals surface area contributed by atoms with Crippen molar-refractivity contribution in [3.8, 4) is 22.7 Å². The lowest BCUT2D eigenvalue weighted by molar-refractivity contribution is -0.135. The number of carbonyl (C=O) groups is 2. The molecule has 0 aliphatic carbocycles. The maximum absolute atomic E-state index is 12.9. The van der Waals surface area contributed by atoms with E-state index in [-0.39, 0.29) is 24.3 Å². The third-order valence-corrected chi connectivity index (χ3v) is 5.31. The van der Waals surface area contributed by atoms with Gasteiger partial charge in [-0.2, -0.15) is 0 Å². The SMILES string of the molecule is CCN(CC(=O)Nc1nc(-c2ccc(OC)cc2)cn1-c1ccc(C)cc1)C(=O)CC(C)C. The lowest BCUT2D eigenvalue weighted by Crippen LogP contribution is -2.38. The molecule has 0 spiro atoms. The molecule has 3 aromatic rings. The van der Waals surface area contributed by atoms with E-state index in [4.69, 9.17) is 4.74 Å². The second kappa shape index (κ2) is 10.8. The van der Waals surface area contributed by atoms with Crippen LogP contribution in [0.25, 0.3) is 16.9 Å². The van der Waals surface area contributed by atoms with Crippen LogP contribution in [0.5, 0.6) is 5.75 Å². The number of carbonyl (C=O) groups excluding carboxylic acids is 2. The fourth-order valence-corrected chi connectivity index (χ4v) is 3.46. The zero-order chi connectivity index (χ0) is 24.0. The van der Waals surface area contributed by atoms with Crippen molar-refractivity contribution in [2.24, 2.45) is 5.92 Å². The summed E-state index contributed by atoms with van der Waals surface area (Å²) in [7, 11) is 1.63. The lowest BCUT2D eigenvalue weighted by Gasteiger charge is -2.21. The van der Waals surface area contributed by atoms with Gasteiger partial charge in [0.05, 0.1) is 19.3 Å². The standard InChI is InChI=1S/C26H32N4O3/c1-6-29(25(32)15-18(2)3)17-24(31)28-26-27-23(20-9-13-22(33-5)14-10-20)16-30(26)21-11-7-19(4)8-12-21/h7-14,16,18H,6,15,17H2,1-5H3,(H,27,28,31). The molecule has 0 unspecified atom stereocenters. The van der Waals surface area contributed by atoms with E-state index >= 15 is 0 Å². The smallest absolute Gasteiger partial charge is 0.246 e. The van der Waals surface area contributed by atoms with E-state index < -0.39 is 0 Å². The summed E-state index contributed by atoms with van der Waals surface area (Å²) in [4.78, 5) is 31.6. The molecule has 0 radical (unpaired) electrons. The molecule has 174 valence electrons. The van der Waals surface area contributed by atoms with E-state index in [9.17, 15) is 9.59 Å². The van der Waals surface area contributed by atoms with Crippen molar-refractivity contribution in [2.45, 2.75) is 34.1 Å². The molecule has 3 rings (SSSR count). The van der Waals surface area contributed by atoms with E-state index in [0.29, 0.717) is 18.9 Å². The molecule has 0 saturated carbocycles. The van der Waals surface area contributed by atoms with E-state index in [0.717, 1.165) is 28.3 Å². The van der Waals surface area contributed by atoms with Crippen LogP contribution in [0, 0.1) is 12.8 Å². The minimum Gasteiger partial charge on any atom is -0.497 e. The number of aryl methyl sites for hydroxylation is 1. The van der Waals surface area contributed by atoms with E-state index in [1.54, 1.807) is 12.0 Å². The van der Waals surface area contributed by atoms with Crippen LogP contribution in [0.4, 0.5) is 5.95 Å². The largest absolute Gasteiger partial charge is 0.497 e. The highest BCUT2D eigenvalue weighted by molar-refractivity contribution is 5.94. The number of amides is 2. The summed E-state index contributed by atoms with van der Waals surface area (Å²) in [5, 5.41) is 2.90. The molecule has 7 heteroatoms. The molecule has 2 aromatic carbocycles. The summed E-state index contributed by atoms with van der Waals surface area (Å²) in [6.07, 6.45) is 2.31. The zero-order valence-corrected chi connectivity index (χ0v) is 20.0. The molecule has 0 bridgehead atoms. The number of methoxy groups -OCH3 is 1. The average Bonchev–Trinajstić information content (AvgIpc) is 3.21. The number of aromatic nitrogens is 2. The predicted octanol–water partition coefficient (Wildman–Crippen LogP) is 4.69. The molecule has 2 amide bonds. The lowest BCUT2D eigenvalue weighted by atomic mass is 10.1. The van der Waals surface area contributed by atoms with Crippen molar-refractivity contribution < 1.29 is 14.3 Å². The van der Waals surface area contributed by atoms with Crippen LogP contribution in [0.2, 0.25) is 0 Å². The molecule has 0 atom stereocenters. The summed E-state index contributed by atoms with van der Waals surface area (Å²) in [5.74, 6) is 1.10. The van der Waals surface area contributed by atoms with Gasteiger partial charge in [0.2, 0.25) is 17.8 Å². The molecule has 7 nitrogen and oxygen atoms in total. The summed E-state index contributed by atoms with van der Waals surface area (Å²) < 4.78 is 7.09. The van der Waals surface area contributed by atoms with Gasteiger partial charge >= 0.3 is 0 Å². The van der Waals surface area contributed by atoms with Crippen molar-refractivity contribution in [3.63, 3.8) is 0 Å². The number of anilines is 1. The highest BCUT2D eigenvalue weighted by Crippen LogP contribution is 2.26. The molecular formula is C26H32N4O3. The van der Waals surface area contributed by atoms with Gasteiger partial charge in [0, 0.05) is 30.4 Å². The van der Waals surface area contributed by atoms with Gasteiger partial charge in [-0.25, -0.2) is 4.98 Å². The number of ether oxygens (including phenoxy) is 1. The fraction of sp³-hybridized carbons (Fsp3) is 0.346. The molecule has 0 aliphatic rings. The molecule has 1 N–H and O–H groups in total. The Morgan fingerprint density at radius 2 is 1.76 bits per heavy atom. The number of nitrogens with zero attached hydrogens (tertiary/aromatic N) is 3. The highest BCUT2D eigenvalue weighted by atomic mass is 16.5. The van der Waals surface area contributed by atoms with Crippen molar-refractivity contribution in [1.82, 2.24) is 14.5 Å². The zero-order valence-electron chi connectivity index (χ0n) is 20.0. The highest BCUT2D eigenvalue weighted by Gasteiger charge is 2.19. The molecule has 33 heavy (non-hydrogen) atoms. The third-order valence-electron chi connectivity index (χ3n) is 5.31. The van der Waals surface area contributed by atoms with Crippen LogP contribution in [-0.2, 0) is 9.59 Å². The van der Waals surface area contributed by atoms with Gasteiger partial charge in [0.15, 0.2) is 0 Å². The van der Waals surface area contributed by atoms with Crippen molar-refractivity contribution in [1.29, 1.82) is 0 Å². The molecular weight excluding hydrogens is 416 g/mol. The summed E-state index contributed by atoms with van der Waals surface area (Å²) >= 11 is 0. The monoisotopic (exact) mass is 448 g/mol. The Balaban J connectivity index is 1.88. The van der Waals surface area contributed by atoms with Crippen LogP contribution >= 0.6 is 0 Å². The van der Waals surface area contributed by atoms with Crippen LogP contribution in [0.1, 0.15) is 32.8 Å². The summed E-state index contributed by atoms with van der Waals surface area (Å²) in [6.45, 7) is 8.34. The predicted molar refractivity (Wildman–Crippen MR) is 131 cm³/mol. The maximum atomic E-state index is 12.9. The normalized spacial score (nSPS) is 10.8. The van der Waals surface area contributed by atoms with Crippen LogP contribution < -0.4 is 10.1 Å². The van der Waals surface area contributed by atoms with Crippen LogP contribution in [0.3, 0.4) is 0 Å². The van der Waals surface area contributed by atoms with Crippen LogP contribution in [-0.4, -0.2) is 46.5 Å². The van der Waals surface area contributed by atoms with Gasteiger partial charge in [-0.05, 0) is 56.2 Å². The first-order valence-electron chi connectivity index (χ1n) is 11.2. The molecule has 1 aromatic heterocycles. The second-order valence-corrected chi connectivity index (χ2v) is 8.44. The second-order valence-electron chi connectivity index (χ2n) is 8.44. The molecule has 0 aliphatic heterocycles. The molecule has 0 fully saturated rings. The summed E-state index contributed by atoms with van der Waals surface area (Å²) in [6, 6.07) is 15.6. The Hall–Kier alpha value is -3.61. The Kier molecular flexibility index (Phi) is 7.87. The number of hydrogen-bond acceptors (Lipinski definition) is 4.